The Hall–Kier alpha value is -1.30. The van der Waals surface area contributed by atoms with Crippen LogP contribution in [-0.2, 0) is 14.3 Å². The summed E-state index contributed by atoms with van der Waals surface area (Å²) < 4.78 is 9.88. The first kappa shape index (κ1) is 15.8. The molecular formula is C13H24N2O4. The molecule has 0 saturated carbocycles. The minimum absolute atomic E-state index is 0.213. The largest absolute Gasteiger partial charge is 0.469 e. The molecule has 1 aliphatic rings. The number of hydrogen-bond acceptors (Lipinski definition) is 5. The monoisotopic (exact) mass is 272 g/mol. The number of carbonyl (C=O) groups is 2. The van der Waals surface area contributed by atoms with Gasteiger partial charge in [-0.25, -0.2) is 4.79 Å². The van der Waals surface area contributed by atoms with Gasteiger partial charge in [0.15, 0.2) is 0 Å². The van der Waals surface area contributed by atoms with E-state index in [-0.39, 0.29) is 18.1 Å². The number of nitrogens with zero attached hydrogens (tertiary/aromatic N) is 2. The zero-order chi connectivity index (χ0) is 14.6. The molecule has 1 saturated heterocycles. The van der Waals surface area contributed by atoms with E-state index < -0.39 is 5.60 Å². The number of carbonyl (C=O) groups excluding carboxylic acids is 2. The molecule has 6 heteroatoms. The molecule has 6 nitrogen and oxygen atoms in total. The highest BCUT2D eigenvalue weighted by Crippen LogP contribution is 2.18. The zero-order valence-corrected chi connectivity index (χ0v) is 12.4. The summed E-state index contributed by atoms with van der Waals surface area (Å²) in [6.45, 7) is 7.48. The first-order chi connectivity index (χ1) is 8.73. The van der Waals surface area contributed by atoms with Gasteiger partial charge >= 0.3 is 12.1 Å². The summed E-state index contributed by atoms with van der Waals surface area (Å²) in [5.41, 5.74) is -0.459. The third-order valence-electron chi connectivity index (χ3n) is 3.03. The lowest BCUT2D eigenvalue weighted by molar-refractivity contribution is -0.141. The van der Waals surface area contributed by atoms with Crippen molar-refractivity contribution in [1.29, 1.82) is 0 Å². The van der Waals surface area contributed by atoms with Crippen LogP contribution < -0.4 is 0 Å². The average molecular weight is 272 g/mol. The van der Waals surface area contributed by atoms with Crippen LogP contribution in [0.5, 0.6) is 0 Å². The Labute approximate surface area is 114 Å². The van der Waals surface area contributed by atoms with Crippen molar-refractivity contribution in [3.63, 3.8) is 0 Å². The molecule has 1 rings (SSSR count). The summed E-state index contributed by atoms with van der Waals surface area (Å²) in [7, 11) is 3.33. The zero-order valence-electron chi connectivity index (χ0n) is 12.4. The minimum atomic E-state index is -0.459. The quantitative estimate of drug-likeness (QED) is 0.717. The van der Waals surface area contributed by atoms with Crippen LogP contribution >= 0.6 is 0 Å². The van der Waals surface area contributed by atoms with Crippen molar-refractivity contribution < 1.29 is 19.1 Å². The Kier molecular flexibility index (Phi) is 5.17. The van der Waals surface area contributed by atoms with Crippen molar-refractivity contribution in [2.75, 3.05) is 33.8 Å². The summed E-state index contributed by atoms with van der Waals surface area (Å²) in [5, 5.41) is 0. The highest BCUT2D eigenvalue weighted by molar-refractivity contribution is 5.70. The van der Waals surface area contributed by atoms with Crippen LogP contribution in [0.1, 0.15) is 27.2 Å². The van der Waals surface area contributed by atoms with E-state index in [1.54, 1.807) is 4.90 Å². The van der Waals surface area contributed by atoms with E-state index in [2.05, 4.69) is 9.64 Å². The second-order valence-corrected chi connectivity index (χ2v) is 5.85. The molecule has 0 radical (unpaired) electrons. The Morgan fingerprint density at radius 1 is 1.32 bits per heavy atom. The molecule has 110 valence electrons. The second kappa shape index (κ2) is 6.23. The van der Waals surface area contributed by atoms with E-state index in [1.807, 2.05) is 27.8 Å². The van der Waals surface area contributed by atoms with Crippen LogP contribution in [0.15, 0.2) is 0 Å². The molecule has 1 amide bonds. The van der Waals surface area contributed by atoms with Crippen LogP contribution in [0.3, 0.4) is 0 Å². The fourth-order valence-corrected chi connectivity index (χ4v) is 1.76. The summed E-state index contributed by atoms with van der Waals surface area (Å²) in [6, 6.07) is 0.289. The molecule has 0 spiro atoms. The van der Waals surface area contributed by atoms with Gasteiger partial charge in [0.25, 0.3) is 0 Å². The van der Waals surface area contributed by atoms with Crippen molar-refractivity contribution in [2.24, 2.45) is 0 Å². The number of ether oxygens (including phenoxy) is 2. The predicted molar refractivity (Wildman–Crippen MR) is 70.9 cm³/mol. The molecular weight excluding hydrogens is 248 g/mol. The van der Waals surface area contributed by atoms with Crippen molar-refractivity contribution in [3.8, 4) is 0 Å². The maximum absolute atomic E-state index is 11.7. The third kappa shape index (κ3) is 5.06. The molecule has 19 heavy (non-hydrogen) atoms. The summed E-state index contributed by atoms with van der Waals surface area (Å²) in [6.07, 6.45) is 0.0979. The molecule has 0 N–H and O–H groups in total. The van der Waals surface area contributed by atoms with Crippen LogP contribution in [0.4, 0.5) is 4.79 Å². The normalized spacial score (nSPS) is 16.2. The second-order valence-electron chi connectivity index (χ2n) is 5.85. The molecule has 1 heterocycles. The van der Waals surface area contributed by atoms with Gasteiger partial charge in [0, 0.05) is 25.7 Å². The molecule has 0 atom stereocenters. The van der Waals surface area contributed by atoms with Gasteiger partial charge in [-0.15, -0.1) is 0 Å². The first-order valence-electron chi connectivity index (χ1n) is 6.48. The molecule has 0 aromatic carbocycles. The van der Waals surface area contributed by atoms with Gasteiger partial charge in [-0.2, -0.15) is 0 Å². The third-order valence-corrected chi connectivity index (χ3v) is 3.03. The van der Waals surface area contributed by atoms with Gasteiger partial charge in [0.2, 0.25) is 0 Å². The minimum Gasteiger partial charge on any atom is -0.469 e. The topological polar surface area (TPSA) is 59.1 Å². The van der Waals surface area contributed by atoms with Gasteiger partial charge in [0.1, 0.15) is 5.60 Å². The van der Waals surface area contributed by atoms with Crippen molar-refractivity contribution in [2.45, 2.75) is 38.8 Å². The molecule has 0 aliphatic carbocycles. The Morgan fingerprint density at radius 3 is 2.37 bits per heavy atom. The molecule has 0 aromatic heterocycles. The molecule has 1 fully saturated rings. The van der Waals surface area contributed by atoms with Crippen molar-refractivity contribution >= 4 is 12.1 Å². The van der Waals surface area contributed by atoms with Crippen molar-refractivity contribution in [3.05, 3.63) is 0 Å². The van der Waals surface area contributed by atoms with Crippen LogP contribution in [0.2, 0.25) is 0 Å². The van der Waals surface area contributed by atoms with Gasteiger partial charge in [-0.1, -0.05) is 0 Å². The molecule has 1 aliphatic heterocycles. The van der Waals surface area contributed by atoms with E-state index >= 15 is 0 Å². The van der Waals surface area contributed by atoms with Crippen LogP contribution in [0.25, 0.3) is 0 Å². The maximum atomic E-state index is 11.7. The Morgan fingerprint density at radius 2 is 1.89 bits per heavy atom. The number of likely N-dealkylation sites (tertiary alicyclic amines) is 1. The Balaban J connectivity index is 2.25. The molecule has 0 bridgehead atoms. The summed E-state index contributed by atoms with van der Waals surface area (Å²) in [4.78, 5) is 26.5. The lowest BCUT2D eigenvalue weighted by Crippen LogP contribution is -2.61. The number of esters is 1. The number of hydrogen-bond donors (Lipinski definition) is 0. The maximum Gasteiger partial charge on any atom is 0.410 e. The molecule has 0 aromatic rings. The van der Waals surface area contributed by atoms with Crippen LogP contribution in [-0.4, -0.2) is 67.3 Å². The fourth-order valence-electron chi connectivity index (χ4n) is 1.76. The van der Waals surface area contributed by atoms with Crippen LogP contribution in [0, 0.1) is 0 Å². The Bertz CT molecular complexity index is 332. The van der Waals surface area contributed by atoms with Gasteiger partial charge in [-0.05, 0) is 27.8 Å². The lowest BCUT2D eigenvalue weighted by atomic mass is 10.1. The number of likely N-dealkylation sites (N-methyl/N-ethyl adjacent to an activating group) is 1. The van der Waals surface area contributed by atoms with Gasteiger partial charge in [-0.3, -0.25) is 9.69 Å². The molecule has 0 unspecified atom stereocenters. The average Bonchev–Trinajstić information content (AvgIpc) is 2.21. The standard InChI is InChI=1S/C13H24N2O4/c1-13(2,3)19-12(17)15-8-10(9-15)14(4)7-6-11(16)18-5/h10H,6-9H2,1-5H3. The predicted octanol–water partition coefficient (Wildman–Crippen LogP) is 1.10. The number of amides is 1. The first-order valence-corrected chi connectivity index (χ1v) is 6.48. The summed E-state index contributed by atoms with van der Waals surface area (Å²) in [5.74, 6) is -0.213. The SMILES string of the molecule is COC(=O)CCN(C)C1CN(C(=O)OC(C)(C)C)C1. The smallest absolute Gasteiger partial charge is 0.410 e. The number of rotatable bonds is 4. The van der Waals surface area contributed by atoms with Gasteiger partial charge < -0.3 is 14.4 Å². The van der Waals surface area contributed by atoms with E-state index in [9.17, 15) is 9.59 Å². The summed E-state index contributed by atoms with van der Waals surface area (Å²) >= 11 is 0. The van der Waals surface area contributed by atoms with Gasteiger partial charge in [0.05, 0.1) is 13.5 Å². The highest BCUT2D eigenvalue weighted by Gasteiger charge is 2.35. The highest BCUT2D eigenvalue weighted by atomic mass is 16.6. The number of methoxy groups -OCH3 is 1. The van der Waals surface area contributed by atoms with E-state index in [0.29, 0.717) is 26.1 Å². The fraction of sp³-hybridized carbons (Fsp3) is 0.846. The van der Waals surface area contributed by atoms with Crippen molar-refractivity contribution in [1.82, 2.24) is 9.80 Å². The van der Waals surface area contributed by atoms with E-state index in [1.165, 1.54) is 7.11 Å². The van der Waals surface area contributed by atoms with E-state index in [0.717, 1.165) is 0 Å². The van der Waals surface area contributed by atoms with E-state index in [4.69, 9.17) is 4.74 Å². The lowest BCUT2D eigenvalue weighted by Gasteiger charge is -2.44.